The molecule has 3 rings (SSSR count). The quantitative estimate of drug-likeness (QED) is 0.794. The fourth-order valence-corrected chi connectivity index (χ4v) is 2.60. The second-order valence-corrected chi connectivity index (χ2v) is 4.92. The summed E-state index contributed by atoms with van der Waals surface area (Å²) in [4.78, 5) is 4.49. The number of nitrogen functional groups attached to an aromatic ring is 1. The van der Waals surface area contributed by atoms with E-state index in [1.807, 2.05) is 16.3 Å². The van der Waals surface area contributed by atoms with Gasteiger partial charge in [-0.15, -0.1) is 0 Å². The average molecular weight is 269 g/mol. The molecule has 5 heteroatoms. The van der Waals surface area contributed by atoms with Crippen molar-refractivity contribution in [3.05, 3.63) is 35.5 Å². The molecule has 0 atom stereocenters. The van der Waals surface area contributed by atoms with E-state index in [-0.39, 0.29) is 0 Å². The van der Waals surface area contributed by atoms with Gasteiger partial charge in [-0.2, -0.15) is 5.10 Å². The van der Waals surface area contributed by atoms with Crippen LogP contribution in [0.25, 0.3) is 16.9 Å². The molecule has 0 unspecified atom stereocenters. The highest BCUT2D eigenvalue weighted by Crippen LogP contribution is 2.25. The first kappa shape index (κ1) is 12.7. The average Bonchev–Trinajstić information content (AvgIpc) is 2.95. The first-order valence-corrected chi connectivity index (χ1v) is 6.94. The molecule has 0 saturated carbocycles. The van der Waals surface area contributed by atoms with Gasteiger partial charge in [0, 0.05) is 7.05 Å². The number of hydrogen-bond acceptors (Lipinski definition) is 3. The van der Waals surface area contributed by atoms with Crippen LogP contribution in [-0.4, -0.2) is 19.3 Å². The summed E-state index contributed by atoms with van der Waals surface area (Å²) in [6.07, 6.45) is 1.85. The monoisotopic (exact) mass is 269 g/mol. The number of anilines is 1. The number of rotatable bonds is 3. The minimum Gasteiger partial charge on any atom is -0.369 e. The molecule has 0 aliphatic rings. The van der Waals surface area contributed by atoms with E-state index in [9.17, 15) is 0 Å². The predicted molar refractivity (Wildman–Crippen MR) is 81.0 cm³/mol. The van der Waals surface area contributed by atoms with E-state index in [1.54, 1.807) is 0 Å². The Morgan fingerprint density at radius 3 is 2.70 bits per heavy atom. The molecule has 0 bridgehead atoms. The van der Waals surface area contributed by atoms with Crippen LogP contribution in [0.3, 0.4) is 0 Å². The van der Waals surface area contributed by atoms with Crippen molar-refractivity contribution in [2.75, 3.05) is 5.73 Å². The maximum Gasteiger partial charge on any atom is 0.207 e. The topological polar surface area (TPSA) is 61.7 Å². The van der Waals surface area contributed by atoms with Crippen LogP contribution >= 0.6 is 0 Å². The Hall–Kier alpha value is -2.30. The van der Waals surface area contributed by atoms with Crippen LogP contribution in [0.4, 0.5) is 5.95 Å². The van der Waals surface area contributed by atoms with Gasteiger partial charge in [0.1, 0.15) is 5.52 Å². The Balaban J connectivity index is 2.29. The van der Waals surface area contributed by atoms with Crippen molar-refractivity contribution in [3.63, 3.8) is 0 Å². The molecule has 2 N–H and O–H groups in total. The van der Waals surface area contributed by atoms with Crippen molar-refractivity contribution in [2.24, 2.45) is 7.05 Å². The lowest BCUT2D eigenvalue weighted by Gasteiger charge is -2.08. The van der Waals surface area contributed by atoms with Gasteiger partial charge in [-0.1, -0.05) is 26.0 Å². The van der Waals surface area contributed by atoms with Crippen molar-refractivity contribution in [1.82, 2.24) is 19.3 Å². The van der Waals surface area contributed by atoms with Crippen molar-refractivity contribution >= 4 is 17.1 Å². The number of aryl methyl sites for hydroxylation is 3. The highest BCUT2D eigenvalue weighted by molar-refractivity contribution is 5.80. The highest BCUT2D eigenvalue weighted by Gasteiger charge is 2.18. The van der Waals surface area contributed by atoms with Gasteiger partial charge in [0.05, 0.1) is 11.4 Å². The summed E-state index contributed by atoms with van der Waals surface area (Å²) in [5.74, 6) is 0.510. The Morgan fingerprint density at radius 1 is 1.20 bits per heavy atom. The molecule has 3 aromatic rings. The van der Waals surface area contributed by atoms with Gasteiger partial charge in [0.25, 0.3) is 0 Å². The van der Waals surface area contributed by atoms with Gasteiger partial charge in [0.2, 0.25) is 5.95 Å². The second kappa shape index (κ2) is 4.67. The molecule has 0 aliphatic carbocycles. The molecular formula is C15H19N5. The van der Waals surface area contributed by atoms with E-state index < -0.39 is 0 Å². The number of nitrogens with two attached hydrogens (primary N) is 1. The molecule has 0 fully saturated rings. The third-order valence-electron chi connectivity index (χ3n) is 3.64. The number of benzene rings is 1. The molecule has 0 aliphatic heterocycles. The van der Waals surface area contributed by atoms with Crippen LogP contribution in [0, 0.1) is 0 Å². The molecule has 1 aromatic carbocycles. The first-order valence-electron chi connectivity index (χ1n) is 6.94. The molecule has 5 nitrogen and oxygen atoms in total. The smallest absolute Gasteiger partial charge is 0.207 e. The van der Waals surface area contributed by atoms with Crippen LogP contribution in [0.1, 0.15) is 25.1 Å². The van der Waals surface area contributed by atoms with Crippen LogP contribution in [-0.2, 0) is 19.9 Å². The summed E-state index contributed by atoms with van der Waals surface area (Å²) in [6, 6.07) is 8.37. The van der Waals surface area contributed by atoms with Crippen LogP contribution in [0.5, 0.6) is 0 Å². The van der Waals surface area contributed by atoms with Gasteiger partial charge in [0.15, 0.2) is 5.65 Å². The van der Waals surface area contributed by atoms with E-state index in [0.717, 1.165) is 35.4 Å². The minimum absolute atomic E-state index is 0.510. The van der Waals surface area contributed by atoms with E-state index in [4.69, 9.17) is 5.73 Å². The number of nitrogens with zero attached hydrogens (tertiary/aromatic N) is 4. The predicted octanol–water partition coefficient (Wildman–Crippen LogP) is 2.47. The third kappa shape index (κ3) is 1.78. The van der Waals surface area contributed by atoms with Crippen LogP contribution in [0.15, 0.2) is 24.3 Å². The van der Waals surface area contributed by atoms with E-state index >= 15 is 0 Å². The van der Waals surface area contributed by atoms with E-state index in [0.29, 0.717) is 5.95 Å². The largest absolute Gasteiger partial charge is 0.369 e. The normalized spacial score (nSPS) is 11.3. The number of hydrogen-bond donors (Lipinski definition) is 1. The number of imidazole rings is 1. The Bertz CT molecular complexity index is 766. The lowest BCUT2D eigenvalue weighted by molar-refractivity contribution is 0.751. The molecule has 0 radical (unpaired) electrons. The summed E-state index contributed by atoms with van der Waals surface area (Å²) < 4.78 is 3.83. The summed E-state index contributed by atoms with van der Waals surface area (Å²) in [5.41, 5.74) is 11.3. The first-order chi connectivity index (χ1) is 9.65. The summed E-state index contributed by atoms with van der Waals surface area (Å²) in [7, 11) is 1.93. The van der Waals surface area contributed by atoms with Crippen LogP contribution in [0.2, 0.25) is 0 Å². The third-order valence-corrected chi connectivity index (χ3v) is 3.64. The molecule has 20 heavy (non-hydrogen) atoms. The van der Waals surface area contributed by atoms with Gasteiger partial charge in [-0.3, -0.25) is 4.57 Å². The van der Waals surface area contributed by atoms with Crippen molar-refractivity contribution in [3.8, 4) is 5.69 Å². The zero-order valence-electron chi connectivity index (χ0n) is 12.1. The van der Waals surface area contributed by atoms with Crippen molar-refractivity contribution < 1.29 is 0 Å². The summed E-state index contributed by atoms with van der Waals surface area (Å²) in [6.45, 7) is 4.22. The molecule has 104 valence electrons. The highest BCUT2D eigenvalue weighted by atomic mass is 15.3. The Labute approximate surface area is 118 Å². The van der Waals surface area contributed by atoms with Gasteiger partial charge in [-0.25, -0.2) is 9.67 Å². The van der Waals surface area contributed by atoms with E-state index in [2.05, 4.69) is 48.2 Å². The van der Waals surface area contributed by atoms with Gasteiger partial charge in [-0.05, 0) is 30.5 Å². The van der Waals surface area contributed by atoms with Crippen LogP contribution < -0.4 is 5.73 Å². The zero-order valence-corrected chi connectivity index (χ0v) is 12.1. The molecule has 2 aromatic heterocycles. The maximum atomic E-state index is 6.12. The van der Waals surface area contributed by atoms with Gasteiger partial charge < -0.3 is 5.73 Å². The van der Waals surface area contributed by atoms with E-state index in [1.165, 1.54) is 5.56 Å². The lowest BCUT2D eigenvalue weighted by atomic mass is 10.1. The second-order valence-electron chi connectivity index (χ2n) is 4.92. The molecule has 2 heterocycles. The Morgan fingerprint density at radius 2 is 2.00 bits per heavy atom. The lowest BCUT2D eigenvalue weighted by Crippen LogP contribution is -2.05. The Kier molecular flexibility index (Phi) is 2.97. The number of aromatic nitrogens is 4. The fourth-order valence-electron chi connectivity index (χ4n) is 2.60. The van der Waals surface area contributed by atoms with Gasteiger partial charge >= 0.3 is 0 Å². The minimum atomic E-state index is 0.510. The van der Waals surface area contributed by atoms with Crippen molar-refractivity contribution in [1.29, 1.82) is 0 Å². The molecule has 0 saturated heterocycles. The molecule has 0 amide bonds. The SMILES string of the molecule is CCc1cccc(-n2c(N)nc3c(CC)nn(C)c32)c1. The standard InChI is InChI=1S/C15H19N5/c1-4-10-7-6-8-11(9-10)20-14-13(17-15(20)16)12(5-2)18-19(14)3/h6-9H,4-5H2,1-3H3,(H2,16,17). The summed E-state index contributed by atoms with van der Waals surface area (Å²) in [5, 5.41) is 4.52. The fraction of sp³-hybridized carbons (Fsp3) is 0.333. The van der Waals surface area contributed by atoms with Crippen molar-refractivity contribution in [2.45, 2.75) is 26.7 Å². The number of fused-ring (bicyclic) bond motifs is 1. The summed E-state index contributed by atoms with van der Waals surface area (Å²) >= 11 is 0. The molecular weight excluding hydrogens is 250 g/mol. The molecule has 0 spiro atoms. The maximum absolute atomic E-state index is 6.12. The zero-order chi connectivity index (χ0) is 14.3.